The van der Waals surface area contributed by atoms with Crippen molar-refractivity contribution in [3.63, 3.8) is 0 Å². The maximum atomic E-state index is 13.1. The van der Waals surface area contributed by atoms with Crippen LogP contribution in [0.2, 0.25) is 0 Å². The summed E-state index contributed by atoms with van der Waals surface area (Å²) in [7, 11) is 0. The highest BCUT2D eigenvalue weighted by molar-refractivity contribution is 5.63. The first-order valence-electron chi connectivity index (χ1n) is 7.66. The van der Waals surface area contributed by atoms with Crippen LogP contribution in [0.25, 0.3) is 11.4 Å². The summed E-state index contributed by atoms with van der Waals surface area (Å²) in [6.07, 6.45) is -4.61. The van der Waals surface area contributed by atoms with Gasteiger partial charge in [-0.1, -0.05) is 30.3 Å². The fraction of sp³-hybridized carbons (Fsp3) is 0.105. The van der Waals surface area contributed by atoms with Gasteiger partial charge in [0.25, 0.3) is 0 Å². The van der Waals surface area contributed by atoms with Gasteiger partial charge in [-0.2, -0.15) is 18.4 Å². The van der Waals surface area contributed by atoms with E-state index in [1.54, 1.807) is 19.1 Å². The number of hydrogen-bond acceptors (Lipinski definition) is 4. The van der Waals surface area contributed by atoms with Gasteiger partial charge in [0.2, 0.25) is 0 Å². The average molecular weight is 354 g/mol. The van der Waals surface area contributed by atoms with Crippen LogP contribution < -0.4 is 5.32 Å². The Bertz CT molecular complexity index is 976. The Morgan fingerprint density at radius 3 is 2.38 bits per heavy atom. The molecular weight excluding hydrogens is 341 g/mol. The molecule has 0 aliphatic rings. The standard InChI is InChI=1S/C19H13F3N4/c1-12-9-17(26-18(24-12)13-5-3-2-4-6-13)25-15-8-7-14(11-23)16(10-15)19(20,21)22/h2-10H,1H3,(H,24,25,26). The Kier molecular flexibility index (Phi) is 4.59. The molecule has 0 spiro atoms. The number of halogens is 3. The summed E-state index contributed by atoms with van der Waals surface area (Å²) in [6.45, 7) is 1.78. The third kappa shape index (κ3) is 3.81. The normalized spacial score (nSPS) is 11.0. The van der Waals surface area contributed by atoms with Gasteiger partial charge in [-0.25, -0.2) is 9.97 Å². The van der Waals surface area contributed by atoms with Crippen molar-refractivity contribution in [2.75, 3.05) is 5.32 Å². The first kappa shape index (κ1) is 17.4. The van der Waals surface area contributed by atoms with Crippen LogP contribution in [0.15, 0.2) is 54.6 Å². The third-order valence-corrected chi connectivity index (χ3v) is 3.60. The second-order valence-corrected chi connectivity index (χ2v) is 5.58. The summed E-state index contributed by atoms with van der Waals surface area (Å²) in [5.74, 6) is 0.840. The van der Waals surface area contributed by atoms with Gasteiger partial charge < -0.3 is 5.32 Å². The van der Waals surface area contributed by atoms with Crippen LogP contribution in [0.5, 0.6) is 0 Å². The van der Waals surface area contributed by atoms with Crippen molar-refractivity contribution in [3.05, 3.63) is 71.4 Å². The number of nitrogens with zero attached hydrogens (tertiary/aromatic N) is 3. The number of anilines is 2. The van der Waals surface area contributed by atoms with Gasteiger partial charge in [-0.3, -0.25) is 0 Å². The van der Waals surface area contributed by atoms with Gasteiger partial charge in [0.05, 0.1) is 17.2 Å². The number of nitrogens with one attached hydrogen (secondary N) is 1. The fourth-order valence-electron chi connectivity index (χ4n) is 2.45. The van der Waals surface area contributed by atoms with Crippen molar-refractivity contribution in [2.24, 2.45) is 0 Å². The van der Waals surface area contributed by atoms with Crippen LogP contribution in [0.1, 0.15) is 16.8 Å². The summed E-state index contributed by atoms with van der Waals surface area (Å²) in [6, 6.07) is 15.9. The van der Waals surface area contributed by atoms with E-state index in [0.29, 0.717) is 17.3 Å². The molecule has 0 amide bonds. The fourth-order valence-corrected chi connectivity index (χ4v) is 2.45. The van der Waals surface area contributed by atoms with E-state index in [0.717, 1.165) is 17.7 Å². The number of hydrogen-bond donors (Lipinski definition) is 1. The molecule has 0 fully saturated rings. The zero-order chi connectivity index (χ0) is 18.7. The highest BCUT2D eigenvalue weighted by Gasteiger charge is 2.33. The molecule has 0 aliphatic carbocycles. The highest BCUT2D eigenvalue weighted by Crippen LogP contribution is 2.34. The topological polar surface area (TPSA) is 61.6 Å². The second kappa shape index (κ2) is 6.84. The third-order valence-electron chi connectivity index (χ3n) is 3.60. The van der Waals surface area contributed by atoms with Gasteiger partial charge in [-0.05, 0) is 25.1 Å². The maximum absolute atomic E-state index is 13.1. The molecule has 0 aliphatic heterocycles. The average Bonchev–Trinajstić information content (AvgIpc) is 2.61. The minimum atomic E-state index is -4.61. The Balaban J connectivity index is 1.97. The van der Waals surface area contributed by atoms with E-state index in [9.17, 15) is 13.2 Å². The van der Waals surface area contributed by atoms with Gasteiger partial charge in [0.15, 0.2) is 5.82 Å². The van der Waals surface area contributed by atoms with E-state index < -0.39 is 17.3 Å². The molecule has 0 saturated heterocycles. The van der Waals surface area contributed by atoms with Crippen molar-refractivity contribution < 1.29 is 13.2 Å². The Morgan fingerprint density at radius 2 is 1.73 bits per heavy atom. The first-order valence-corrected chi connectivity index (χ1v) is 7.66. The molecule has 2 aromatic carbocycles. The molecule has 7 heteroatoms. The van der Waals surface area contributed by atoms with Gasteiger partial charge in [0.1, 0.15) is 5.82 Å². The lowest BCUT2D eigenvalue weighted by molar-refractivity contribution is -0.137. The summed E-state index contributed by atoms with van der Waals surface area (Å²) >= 11 is 0. The molecule has 0 radical (unpaired) electrons. The van der Waals surface area contributed by atoms with Crippen LogP contribution in [0.3, 0.4) is 0 Å². The quantitative estimate of drug-likeness (QED) is 0.712. The summed E-state index contributed by atoms with van der Waals surface area (Å²) in [4.78, 5) is 8.72. The van der Waals surface area contributed by atoms with Crippen molar-refractivity contribution in [2.45, 2.75) is 13.1 Å². The predicted octanol–water partition coefficient (Wildman–Crippen LogP) is 5.09. The monoisotopic (exact) mass is 354 g/mol. The molecule has 130 valence electrons. The SMILES string of the molecule is Cc1cc(Nc2ccc(C#N)c(C(F)(F)F)c2)nc(-c2ccccc2)n1. The molecular formula is C19H13F3N4. The van der Waals surface area contributed by atoms with Crippen LogP contribution in [0.4, 0.5) is 24.7 Å². The van der Waals surface area contributed by atoms with Crippen LogP contribution in [-0.4, -0.2) is 9.97 Å². The smallest absolute Gasteiger partial charge is 0.340 e. The molecule has 1 heterocycles. The predicted molar refractivity (Wildman–Crippen MR) is 91.6 cm³/mol. The van der Waals surface area contributed by atoms with Crippen LogP contribution >= 0.6 is 0 Å². The van der Waals surface area contributed by atoms with E-state index >= 15 is 0 Å². The Morgan fingerprint density at radius 1 is 1.00 bits per heavy atom. The van der Waals surface area contributed by atoms with Crippen LogP contribution in [0, 0.1) is 18.3 Å². The van der Waals surface area contributed by atoms with Crippen molar-refractivity contribution >= 4 is 11.5 Å². The lowest BCUT2D eigenvalue weighted by Gasteiger charge is -2.13. The van der Waals surface area contributed by atoms with Crippen molar-refractivity contribution in [1.82, 2.24) is 9.97 Å². The zero-order valence-electron chi connectivity index (χ0n) is 13.7. The number of rotatable bonds is 3. The number of alkyl halides is 3. The molecule has 0 saturated carbocycles. The van der Waals surface area contributed by atoms with Crippen molar-refractivity contribution in [3.8, 4) is 17.5 Å². The first-order chi connectivity index (χ1) is 12.4. The Hall–Kier alpha value is -3.40. The molecule has 0 atom stereocenters. The van der Waals surface area contributed by atoms with Crippen LogP contribution in [-0.2, 0) is 6.18 Å². The number of benzene rings is 2. The minimum Gasteiger partial charge on any atom is -0.340 e. The molecule has 0 unspecified atom stereocenters. The molecule has 0 bridgehead atoms. The van der Waals surface area contributed by atoms with E-state index in [2.05, 4.69) is 15.3 Å². The molecule has 1 aromatic heterocycles. The van der Waals surface area contributed by atoms with Gasteiger partial charge in [0, 0.05) is 23.0 Å². The minimum absolute atomic E-state index is 0.188. The van der Waals surface area contributed by atoms with Gasteiger partial charge >= 0.3 is 6.18 Å². The lowest BCUT2D eigenvalue weighted by Crippen LogP contribution is -2.08. The largest absolute Gasteiger partial charge is 0.417 e. The van der Waals surface area contributed by atoms with E-state index in [4.69, 9.17) is 5.26 Å². The molecule has 3 aromatic rings. The molecule has 4 nitrogen and oxygen atoms in total. The highest BCUT2D eigenvalue weighted by atomic mass is 19.4. The summed E-state index contributed by atoms with van der Waals surface area (Å²) in [5, 5.41) is 11.7. The van der Waals surface area contributed by atoms with E-state index in [1.165, 1.54) is 6.07 Å². The number of aromatic nitrogens is 2. The second-order valence-electron chi connectivity index (χ2n) is 5.58. The molecule has 3 rings (SSSR count). The number of aryl methyl sites for hydroxylation is 1. The zero-order valence-corrected chi connectivity index (χ0v) is 13.7. The summed E-state index contributed by atoms with van der Waals surface area (Å²) in [5.41, 5.74) is 0.250. The van der Waals surface area contributed by atoms with E-state index in [-0.39, 0.29) is 5.69 Å². The van der Waals surface area contributed by atoms with E-state index in [1.807, 2.05) is 30.3 Å². The number of nitriles is 1. The van der Waals surface area contributed by atoms with Gasteiger partial charge in [-0.15, -0.1) is 0 Å². The van der Waals surface area contributed by atoms with Crippen molar-refractivity contribution in [1.29, 1.82) is 5.26 Å². The summed E-state index contributed by atoms with van der Waals surface area (Å²) < 4.78 is 39.3. The Labute approximate surface area is 148 Å². The molecule has 26 heavy (non-hydrogen) atoms. The molecule has 1 N–H and O–H groups in total. The lowest BCUT2D eigenvalue weighted by atomic mass is 10.1. The maximum Gasteiger partial charge on any atom is 0.417 e.